The van der Waals surface area contributed by atoms with Gasteiger partial charge in [0.2, 0.25) is 0 Å². The average Bonchev–Trinajstić information content (AvgIpc) is 3.14. The fourth-order valence-electron chi connectivity index (χ4n) is 2.97. The first-order valence-corrected chi connectivity index (χ1v) is 8.86. The third-order valence-corrected chi connectivity index (χ3v) is 4.41. The van der Waals surface area contributed by atoms with Gasteiger partial charge in [-0.1, -0.05) is 6.92 Å². The van der Waals surface area contributed by atoms with E-state index in [0.29, 0.717) is 18.0 Å². The molecule has 1 aromatic rings. The monoisotopic (exact) mass is 320 g/mol. The van der Waals surface area contributed by atoms with Crippen molar-refractivity contribution in [1.29, 1.82) is 0 Å². The van der Waals surface area contributed by atoms with Gasteiger partial charge in [-0.15, -0.1) is 0 Å². The lowest BCUT2D eigenvalue weighted by molar-refractivity contribution is 0.265. The van der Waals surface area contributed by atoms with Crippen LogP contribution in [0, 0.1) is 5.92 Å². The van der Waals surface area contributed by atoms with Crippen molar-refractivity contribution >= 4 is 5.96 Å². The molecule has 0 radical (unpaired) electrons. The summed E-state index contributed by atoms with van der Waals surface area (Å²) in [4.78, 5) is 7.25. The van der Waals surface area contributed by atoms with Crippen LogP contribution in [0.4, 0.5) is 0 Å². The maximum atomic E-state index is 4.72. The van der Waals surface area contributed by atoms with Crippen LogP contribution in [-0.4, -0.2) is 58.9 Å². The molecule has 2 N–H and O–H groups in total. The molecule has 2 atom stereocenters. The molecular formula is C17H32N6. The second-order valence-electron chi connectivity index (χ2n) is 6.66. The van der Waals surface area contributed by atoms with E-state index in [1.807, 2.05) is 23.1 Å². The third-order valence-electron chi connectivity index (χ3n) is 4.41. The van der Waals surface area contributed by atoms with Gasteiger partial charge in [0.05, 0.1) is 0 Å². The van der Waals surface area contributed by atoms with Crippen molar-refractivity contribution in [3.63, 3.8) is 0 Å². The van der Waals surface area contributed by atoms with Crippen LogP contribution in [0.15, 0.2) is 23.5 Å². The lowest BCUT2D eigenvalue weighted by Gasteiger charge is -2.21. The number of guanidine groups is 1. The predicted octanol–water partition coefficient (Wildman–Crippen LogP) is 1.56. The zero-order valence-electron chi connectivity index (χ0n) is 15.0. The second kappa shape index (κ2) is 8.91. The standard InChI is InChI=1S/C17H32N6/c1-5-18-17(19-8-6-10-23-11-7-9-20-23)21-16-13-22(14(2)3)12-15(16)4/h7,9,11,14-16H,5-6,8,10,12-13H2,1-4H3,(H2,18,19,21). The van der Waals surface area contributed by atoms with Crippen LogP contribution < -0.4 is 10.6 Å². The second-order valence-corrected chi connectivity index (χ2v) is 6.66. The van der Waals surface area contributed by atoms with Gasteiger partial charge in [0.1, 0.15) is 0 Å². The van der Waals surface area contributed by atoms with Crippen molar-refractivity contribution in [3.8, 4) is 0 Å². The minimum atomic E-state index is 0.473. The van der Waals surface area contributed by atoms with Gasteiger partial charge in [-0.05, 0) is 39.2 Å². The summed E-state index contributed by atoms with van der Waals surface area (Å²) in [6, 6.07) is 3.04. The number of aromatic nitrogens is 2. The highest BCUT2D eigenvalue weighted by Gasteiger charge is 2.31. The summed E-state index contributed by atoms with van der Waals surface area (Å²) in [5.41, 5.74) is 0. The minimum Gasteiger partial charge on any atom is -0.357 e. The Labute approximate surface area is 140 Å². The van der Waals surface area contributed by atoms with Crippen molar-refractivity contribution in [1.82, 2.24) is 25.3 Å². The Balaban J connectivity index is 1.81. The Hall–Kier alpha value is -1.56. The van der Waals surface area contributed by atoms with Crippen LogP contribution in [0.3, 0.4) is 0 Å². The van der Waals surface area contributed by atoms with Gasteiger partial charge in [0, 0.05) is 57.2 Å². The molecule has 1 fully saturated rings. The normalized spacial score (nSPS) is 22.7. The molecular weight excluding hydrogens is 288 g/mol. The molecule has 6 nitrogen and oxygen atoms in total. The molecule has 23 heavy (non-hydrogen) atoms. The first-order valence-electron chi connectivity index (χ1n) is 8.86. The summed E-state index contributed by atoms with van der Waals surface area (Å²) in [5.74, 6) is 1.58. The number of rotatable bonds is 7. The van der Waals surface area contributed by atoms with Gasteiger partial charge in [0.25, 0.3) is 0 Å². The summed E-state index contributed by atoms with van der Waals surface area (Å²) in [6.45, 7) is 13.8. The van der Waals surface area contributed by atoms with E-state index < -0.39 is 0 Å². The number of aliphatic imine (C=N–C) groups is 1. The van der Waals surface area contributed by atoms with Crippen LogP contribution in [0.1, 0.15) is 34.1 Å². The van der Waals surface area contributed by atoms with Crippen molar-refractivity contribution in [3.05, 3.63) is 18.5 Å². The van der Waals surface area contributed by atoms with Crippen molar-refractivity contribution in [2.45, 2.75) is 52.7 Å². The fourth-order valence-corrected chi connectivity index (χ4v) is 2.97. The topological polar surface area (TPSA) is 57.5 Å². The van der Waals surface area contributed by atoms with Gasteiger partial charge in [0.15, 0.2) is 5.96 Å². The van der Waals surface area contributed by atoms with Gasteiger partial charge in [-0.2, -0.15) is 5.10 Å². The molecule has 0 aliphatic carbocycles. The van der Waals surface area contributed by atoms with Crippen LogP contribution in [-0.2, 0) is 6.54 Å². The summed E-state index contributed by atoms with van der Waals surface area (Å²) < 4.78 is 1.95. The Kier molecular flexibility index (Phi) is 6.89. The number of hydrogen-bond donors (Lipinski definition) is 2. The molecule has 0 bridgehead atoms. The quantitative estimate of drug-likeness (QED) is 0.455. The van der Waals surface area contributed by atoms with E-state index in [-0.39, 0.29) is 0 Å². The first kappa shape index (κ1) is 17.8. The van der Waals surface area contributed by atoms with Crippen molar-refractivity contribution in [2.24, 2.45) is 10.9 Å². The molecule has 1 saturated heterocycles. The van der Waals surface area contributed by atoms with Crippen molar-refractivity contribution < 1.29 is 0 Å². The van der Waals surface area contributed by atoms with Crippen LogP contribution in [0.25, 0.3) is 0 Å². The predicted molar refractivity (Wildman–Crippen MR) is 95.6 cm³/mol. The molecule has 0 spiro atoms. The summed E-state index contributed by atoms with van der Waals surface area (Å²) in [6.07, 6.45) is 4.81. The van der Waals surface area contributed by atoms with Crippen LogP contribution in [0.5, 0.6) is 0 Å². The molecule has 1 aliphatic heterocycles. The first-order chi connectivity index (χ1) is 11.1. The molecule has 2 heterocycles. The Morgan fingerprint density at radius 3 is 2.83 bits per heavy atom. The Morgan fingerprint density at radius 2 is 2.22 bits per heavy atom. The molecule has 1 aliphatic rings. The van der Waals surface area contributed by atoms with Crippen LogP contribution in [0.2, 0.25) is 0 Å². The van der Waals surface area contributed by atoms with E-state index in [1.54, 1.807) is 0 Å². The summed E-state index contributed by atoms with van der Waals surface area (Å²) in [5, 5.41) is 11.2. The minimum absolute atomic E-state index is 0.473. The highest BCUT2D eigenvalue weighted by atomic mass is 15.3. The van der Waals surface area contributed by atoms with E-state index in [2.05, 4.69) is 48.3 Å². The van der Waals surface area contributed by atoms with Crippen LogP contribution >= 0.6 is 0 Å². The SMILES string of the molecule is CCNC(=NCCCn1cccn1)NC1CN(C(C)C)CC1C. The number of hydrogen-bond acceptors (Lipinski definition) is 3. The molecule has 130 valence electrons. The van der Waals surface area contributed by atoms with E-state index in [4.69, 9.17) is 4.99 Å². The average molecular weight is 320 g/mol. The van der Waals surface area contributed by atoms with Crippen molar-refractivity contribution in [2.75, 3.05) is 26.2 Å². The smallest absolute Gasteiger partial charge is 0.191 e. The van der Waals surface area contributed by atoms with E-state index in [9.17, 15) is 0 Å². The lowest BCUT2D eigenvalue weighted by Crippen LogP contribution is -2.46. The number of aryl methyl sites for hydroxylation is 1. The van der Waals surface area contributed by atoms with Gasteiger partial charge in [-0.25, -0.2) is 0 Å². The number of likely N-dealkylation sites (tertiary alicyclic amines) is 1. The molecule has 0 saturated carbocycles. The molecule has 2 unspecified atom stereocenters. The summed E-state index contributed by atoms with van der Waals surface area (Å²) >= 11 is 0. The maximum Gasteiger partial charge on any atom is 0.191 e. The molecule has 2 rings (SSSR count). The number of nitrogens with zero attached hydrogens (tertiary/aromatic N) is 4. The highest BCUT2D eigenvalue weighted by molar-refractivity contribution is 5.80. The zero-order valence-corrected chi connectivity index (χ0v) is 15.0. The zero-order chi connectivity index (χ0) is 16.7. The van der Waals surface area contributed by atoms with Gasteiger partial charge < -0.3 is 10.6 Å². The fraction of sp³-hybridized carbons (Fsp3) is 0.765. The number of nitrogens with one attached hydrogen (secondary N) is 2. The van der Waals surface area contributed by atoms with Gasteiger partial charge in [-0.3, -0.25) is 14.6 Å². The Morgan fingerprint density at radius 1 is 1.39 bits per heavy atom. The maximum absolute atomic E-state index is 4.72. The lowest BCUT2D eigenvalue weighted by atomic mass is 10.1. The van der Waals surface area contributed by atoms with E-state index in [0.717, 1.165) is 45.1 Å². The summed E-state index contributed by atoms with van der Waals surface area (Å²) in [7, 11) is 0. The highest BCUT2D eigenvalue weighted by Crippen LogP contribution is 2.18. The molecule has 1 aromatic heterocycles. The Bertz CT molecular complexity index is 467. The third kappa shape index (κ3) is 5.53. The largest absolute Gasteiger partial charge is 0.357 e. The molecule has 0 amide bonds. The van der Waals surface area contributed by atoms with Gasteiger partial charge >= 0.3 is 0 Å². The molecule has 0 aromatic carbocycles. The van der Waals surface area contributed by atoms with E-state index in [1.165, 1.54) is 0 Å². The van der Waals surface area contributed by atoms with E-state index >= 15 is 0 Å². The molecule has 6 heteroatoms.